The van der Waals surface area contributed by atoms with Gasteiger partial charge >= 0.3 is 0 Å². The van der Waals surface area contributed by atoms with E-state index < -0.39 is 10.9 Å². The lowest BCUT2D eigenvalue weighted by atomic mass is 10.2. The Bertz CT molecular complexity index is 433. The van der Waals surface area contributed by atoms with Crippen LogP contribution in [0.5, 0.6) is 0 Å². The predicted octanol–water partition coefficient (Wildman–Crippen LogP) is 1.35. The molecule has 0 aliphatic carbocycles. The molecule has 6 nitrogen and oxygen atoms in total. The van der Waals surface area contributed by atoms with Crippen molar-refractivity contribution in [2.45, 2.75) is 13.5 Å². The van der Waals surface area contributed by atoms with Gasteiger partial charge in [-0.15, -0.1) is 0 Å². The topological polar surface area (TPSA) is 71.6 Å². The zero-order valence-electron chi connectivity index (χ0n) is 10.3. The third-order valence-corrected chi connectivity index (χ3v) is 2.44. The first-order chi connectivity index (χ1) is 8.56. The number of nitrogens with zero attached hydrogens (tertiary/aromatic N) is 4. The number of aliphatic imine (C=N–C) groups is 1. The summed E-state index contributed by atoms with van der Waals surface area (Å²) < 4.78 is 12.7. The number of amidine groups is 1. The van der Waals surface area contributed by atoms with Gasteiger partial charge in [0.1, 0.15) is 0 Å². The molecule has 98 valence electrons. The van der Waals surface area contributed by atoms with E-state index in [1.807, 2.05) is 6.92 Å². The van der Waals surface area contributed by atoms with E-state index in [0.717, 1.165) is 5.56 Å². The molecular formula is C11H15FN4O2. The van der Waals surface area contributed by atoms with Crippen LogP contribution in [0.1, 0.15) is 12.5 Å². The van der Waals surface area contributed by atoms with Gasteiger partial charge in [0.2, 0.25) is 5.95 Å². The highest BCUT2D eigenvalue weighted by atomic mass is 19.1. The van der Waals surface area contributed by atoms with Gasteiger partial charge < -0.3 is 4.90 Å². The molecule has 0 fully saturated rings. The maximum absolute atomic E-state index is 12.7. The number of nitro groups is 1. The number of aromatic nitrogens is 1. The van der Waals surface area contributed by atoms with Crippen molar-refractivity contribution < 1.29 is 9.31 Å². The predicted molar refractivity (Wildman–Crippen MR) is 65.5 cm³/mol. The molecule has 0 amide bonds. The summed E-state index contributed by atoms with van der Waals surface area (Å²) in [5.41, 5.74) is 0.780. The Morgan fingerprint density at radius 2 is 2.33 bits per heavy atom. The van der Waals surface area contributed by atoms with Crippen molar-refractivity contribution in [3.05, 3.63) is 40.0 Å². The van der Waals surface area contributed by atoms with Gasteiger partial charge in [0.25, 0.3) is 6.54 Å². The molecule has 0 atom stereocenters. The monoisotopic (exact) mass is 254 g/mol. The molecule has 0 aromatic carbocycles. The van der Waals surface area contributed by atoms with Crippen LogP contribution < -0.4 is 0 Å². The standard InChI is InChI=1S/C11H15FN4O2/c1-3-15(11(13-2)8-16(17)18)7-9-4-5-10(12)14-6-9/h4-6H,3,7-8H2,1-2H3. The number of likely N-dealkylation sites (N-methyl/N-ethyl adjacent to an activating group) is 1. The summed E-state index contributed by atoms with van der Waals surface area (Å²) in [6.45, 7) is 2.56. The van der Waals surface area contributed by atoms with Gasteiger partial charge in [0.15, 0.2) is 5.84 Å². The van der Waals surface area contributed by atoms with Gasteiger partial charge in [-0.3, -0.25) is 15.1 Å². The van der Waals surface area contributed by atoms with Crippen molar-refractivity contribution in [3.8, 4) is 0 Å². The summed E-state index contributed by atoms with van der Waals surface area (Å²) in [7, 11) is 1.52. The number of pyridine rings is 1. The van der Waals surface area contributed by atoms with Crippen molar-refractivity contribution in [2.24, 2.45) is 4.99 Å². The van der Waals surface area contributed by atoms with E-state index in [2.05, 4.69) is 9.98 Å². The minimum atomic E-state index is -0.545. The molecule has 0 aliphatic heterocycles. The van der Waals surface area contributed by atoms with Gasteiger partial charge in [-0.2, -0.15) is 4.39 Å². The first-order valence-corrected chi connectivity index (χ1v) is 5.49. The molecule has 18 heavy (non-hydrogen) atoms. The molecule has 0 N–H and O–H groups in total. The van der Waals surface area contributed by atoms with Crippen LogP contribution in [0, 0.1) is 16.1 Å². The van der Waals surface area contributed by atoms with Gasteiger partial charge in [-0.05, 0) is 18.6 Å². The Labute approximate surface area is 104 Å². The normalized spacial score (nSPS) is 11.4. The first kappa shape index (κ1) is 14.0. The van der Waals surface area contributed by atoms with E-state index in [1.165, 1.54) is 19.3 Å². The third kappa shape index (κ3) is 4.08. The lowest BCUT2D eigenvalue weighted by molar-refractivity contribution is -0.464. The number of rotatable bonds is 5. The number of hydrogen-bond acceptors (Lipinski definition) is 4. The second-order valence-corrected chi connectivity index (χ2v) is 3.63. The van der Waals surface area contributed by atoms with Crippen LogP contribution in [0.3, 0.4) is 0 Å². The SMILES string of the molecule is CCN(Cc1ccc(F)nc1)C(C[N+](=O)[O-])=NC. The Hall–Kier alpha value is -2.05. The minimum absolute atomic E-state index is 0.320. The van der Waals surface area contributed by atoms with Crippen molar-refractivity contribution in [1.29, 1.82) is 0 Å². The smallest absolute Gasteiger partial charge is 0.260 e. The zero-order chi connectivity index (χ0) is 13.5. The van der Waals surface area contributed by atoms with Crippen LogP contribution in [0.2, 0.25) is 0 Å². The Kier molecular flexibility index (Phi) is 5.16. The minimum Gasteiger partial charge on any atom is -0.351 e. The lowest BCUT2D eigenvalue weighted by Gasteiger charge is -2.22. The summed E-state index contributed by atoms with van der Waals surface area (Å²) in [5.74, 6) is -0.150. The Morgan fingerprint density at radius 1 is 1.61 bits per heavy atom. The van der Waals surface area contributed by atoms with Crippen LogP contribution in [-0.2, 0) is 6.54 Å². The largest absolute Gasteiger partial charge is 0.351 e. The van der Waals surface area contributed by atoms with Crippen molar-refractivity contribution >= 4 is 5.84 Å². The zero-order valence-corrected chi connectivity index (χ0v) is 10.3. The van der Waals surface area contributed by atoms with E-state index >= 15 is 0 Å². The van der Waals surface area contributed by atoms with Crippen LogP contribution in [0.4, 0.5) is 4.39 Å². The van der Waals surface area contributed by atoms with Gasteiger partial charge in [-0.25, -0.2) is 4.98 Å². The quantitative estimate of drug-likeness (QED) is 0.261. The number of halogens is 1. The summed E-state index contributed by atoms with van der Waals surface area (Å²) in [4.78, 5) is 19.3. The second kappa shape index (κ2) is 6.63. The Balaban J connectivity index is 2.77. The van der Waals surface area contributed by atoms with Crippen LogP contribution >= 0.6 is 0 Å². The van der Waals surface area contributed by atoms with Crippen LogP contribution in [-0.4, -0.2) is 40.8 Å². The highest BCUT2D eigenvalue weighted by Gasteiger charge is 2.15. The maximum Gasteiger partial charge on any atom is 0.260 e. The van der Waals surface area contributed by atoms with E-state index in [1.54, 1.807) is 11.0 Å². The summed E-state index contributed by atoms with van der Waals surface area (Å²) in [5, 5.41) is 10.5. The molecule has 1 heterocycles. The molecule has 1 aromatic heterocycles. The molecule has 0 aliphatic rings. The Morgan fingerprint density at radius 3 is 2.78 bits per heavy atom. The van der Waals surface area contributed by atoms with Gasteiger partial charge in [0.05, 0.1) is 0 Å². The summed E-state index contributed by atoms with van der Waals surface area (Å²) >= 11 is 0. The highest BCUT2D eigenvalue weighted by Crippen LogP contribution is 2.05. The summed E-state index contributed by atoms with van der Waals surface area (Å²) in [6, 6.07) is 2.86. The van der Waals surface area contributed by atoms with E-state index in [0.29, 0.717) is 18.9 Å². The fourth-order valence-corrected chi connectivity index (χ4v) is 1.53. The fourth-order valence-electron chi connectivity index (χ4n) is 1.53. The molecule has 0 bridgehead atoms. The molecular weight excluding hydrogens is 239 g/mol. The van der Waals surface area contributed by atoms with Crippen molar-refractivity contribution in [3.63, 3.8) is 0 Å². The number of hydrogen-bond donors (Lipinski definition) is 0. The van der Waals surface area contributed by atoms with E-state index in [-0.39, 0.29) is 6.54 Å². The molecule has 1 rings (SSSR count). The van der Waals surface area contributed by atoms with Gasteiger partial charge in [-0.1, -0.05) is 6.07 Å². The van der Waals surface area contributed by atoms with E-state index in [9.17, 15) is 14.5 Å². The van der Waals surface area contributed by atoms with E-state index in [4.69, 9.17) is 0 Å². The maximum atomic E-state index is 12.7. The molecule has 0 spiro atoms. The average molecular weight is 254 g/mol. The first-order valence-electron chi connectivity index (χ1n) is 5.49. The lowest BCUT2D eigenvalue weighted by Crippen LogP contribution is -2.35. The molecule has 1 aromatic rings. The molecule has 0 radical (unpaired) electrons. The second-order valence-electron chi connectivity index (χ2n) is 3.63. The van der Waals surface area contributed by atoms with Crippen LogP contribution in [0.15, 0.2) is 23.3 Å². The summed E-state index contributed by atoms with van der Waals surface area (Å²) in [6.07, 6.45) is 1.41. The molecule has 0 saturated carbocycles. The molecule has 0 unspecified atom stereocenters. The van der Waals surface area contributed by atoms with Gasteiger partial charge in [0, 0.05) is 31.3 Å². The van der Waals surface area contributed by atoms with Crippen LogP contribution in [0.25, 0.3) is 0 Å². The fraction of sp³-hybridized carbons (Fsp3) is 0.455. The molecule has 0 saturated heterocycles. The third-order valence-electron chi connectivity index (χ3n) is 2.44. The van der Waals surface area contributed by atoms with Crippen molar-refractivity contribution in [2.75, 3.05) is 20.1 Å². The highest BCUT2D eigenvalue weighted by molar-refractivity contribution is 5.83. The molecule has 7 heteroatoms. The average Bonchev–Trinajstić information content (AvgIpc) is 2.35. The van der Waals surface area contributed by atoms with Crippen molar-refractivity contribution in [1.82, 2.24) is 9.88 Å².